The van der Waals surface area contributed by atoms with Gasteiger partial charge in [0.2, 0.25) is 0 Å². The van der Waals surface area contributed by atoms with E-state index in [1.807, 2.05) is 0 Å². The van der Waals surface area contributed by atoms with Gasteiger partial charge in [-0.05, 0) is 20.0 Å². The minimum Gasteiger partial charge on any atom is -0.304 e. The molecule has 0 N–H and O–H groups in total. The maximum absolute atomic E-state index is 5.32. The predicted molar refractivity (Wildman–Crippen MR) is 32.1 cm³/mol. The van der Waals surface area contributed by atoms with Crippen molar-refractivity contribution < 1.29 is 0 Å². The standard InChI is InChI=1S/C6H13N/c1-4-7(5-2)6-3/h1H,4-6H2,2-3H3. The molecule has 0 aromatic rings. The van der Waals surface area contributed by atoms with Crippen LogP contribution in [0.4, 0.5) is 0 Å². The average molecular weight is 99.2 g/mol. The Labute approximate surface area is 46.3 Å². The van der Waals surface area contributed by atoms with Gasteiger partial charge in [-0.2, -0.15) is 0 Å². The second-order valence-electron chi connectivity index (χ2n) is 1.49. The highest BCUT2D eigenvalue weighted by Crippen LogP contribution is 1.81. The van der Waals surface area contributed by atoms with Crippen molar-refractivity contribution >= 4 is 0 Å². The molecule has 0 aliphatic rings. The van der Waals surface area contributed by atoms with Crippen molar-refractivity contribution in [1.29, 1.82) is 0 Å². The molecule has 1 heteroatoms. The Hall–Kier alpha value is -0.0400. The summed E-state index contributed by atoms with van der Waals surface area (Å²) in [5.74, 6) is 0. The number of hydrogen-bond acceptors (Lipinski definition) is 1. The maximum Gasteiger partial charge on any atom is 0.00159 e. The van der Waals surface area contributed by atoms with Crippen LogP contribution < -0.4 is 0 Å². The van der Waals surface area contributed by atoms with Gasteiger partial charge in [0.1, 0.15) is 0 Å². The van der Waals surface area contributed by atoms with E-state index in [4.69, 9.17) is 6.92 Å². The lowest BCUT2D eigenvalue weighted by Crippen LogP contribution is -2.21. The normalized spacial score (nSPS) is 10.3. The average Bonchev–Trinajstić information content (AvgIpc) is 1.72. The van der Waals surface area contributed by atoms with Crippen LogP contribution in [0.2, 0.25) is 0 Å². The van der Waals surface area contributed by atoms with Crippen LogP contribution in [0.3, 0.4) is 0 Å². The van der Waals surface area contributed by atoms with Crippen molar-refractivity contribution in [2.45, 2.75) is 13.8 Å². The molecule has 0 bridgehead atoms. The Morgan fingerprint density at radius 3 is 1.71 bits per heavy atom. The molecular formula is C6H13N. The van der Waals surface area contributed by atoms with Crippen LogP contribution >= 0.6 is 0 Å². The van der Waals surface area contributed by atoms with E-state index in [-0.39, 0.29) is 0 Å². The minimum atomic E-state index is 0.688. The Morgan fingerprint density at radius 2 is 1.71 bits per heavy atom. The molecule has 1 nitrogen and oxygen atoms in total. The van der Waals surface area contributed by atoms with Crippen molar-refractivity contribution in [1.82, 2.24) is 4.90 Å². The summed E-state index contributed by atoms with van der Waals surface area (Å²) in [5.41, 5.74) is 0. The highest BCUT2D eigenvalue weighted by Gasteiger charge is 1.89. The molecule has 0 aliphatic heterocycles. The van der Waals surface area contributed by atoms with Gasteiger partial charge in [-0.25, -0.2) is 0 Å². The first-order valence-corrected chi connectivity index (χ1v) is 2.77. The molecule has 0 atom stereocenters. The van der Waals surface area contributed by atoms with E-state index in [9.17, 15) is 0 Å². The summed E-state index contributed by atoms with van der Waals surface area (Å²) in [4.78, 5) is 2.15. The van der Waals surface area contributed by atoms with Gasteiger partial charge in [0.15, 0.2) is 0 Å². The van der Waals surface area contributed by atoms with Crippen LogP contribution in [0, 0.1) is 6.92 Å². The first-order valence-electron chi connectivity index (χ1n) is 2.77. The summed E-state index contributed by atoms with van der Waals surface area (Å²) in [6.07, 6.45) is 0. The van der Waals surface area contributed by atoms with Crippen molar-refractivity contribution in [3.63, 3.8) is 0 Å². The fraction of sp³-hybridized carbons (Fsp3) is 0.833. The van der Waals surface area contributed by atoms with Crippen LogP contribution in [0.1, 0.15) is 13.8 Å². The summed E-state index contributed by atoms with van der Waals surface area (Å²) in [6, 6.07) is 0. The summed E-state index contributed by atoms with van der Waals surface area (Å²) >= 11 is 0. The van der Waals surface area contributed by atoms with E-state index in [0.29, 0.717) is 6.54 Å². The molecule has 0 heterocycles. The van der Waals surface area contributed by atoms with Gasteiger partial charge in [-0.1, -0.05) is 13.8 Å². The number of nitrogens with zero attached hydrogens (tertiary/aromatic N) is 1. The van der Waals surface area contributed by atoms with Gasteiger partial charge in [0, 0.05) is 6.54 Å². The van der Waals surface area contributed by atoms with E-state index in [0.717, 1.165) is 13.1 Å². The molecular weight excluding hydrogens is 86.1 g/mol. The third kappa shape index (κ3) is 2.63. The summed E-state index contributed by atoms with van der Waals surface area (Å²) in [7, 11) is 0. The first kappa shape index (κ1) is 6.96. The highest BCUT2D eigenvalue weighted by atomic mass is 15.1. The monoisotopic (exact) mass is 99.1 g/mol. The topological polar surface area (TPSA) is 3.24 Å². The van der Waals surface area contributed by atoms with Gasteiger partial charge in [-0.3, -0.25) is 0 Å². The summed E-state index contributed by atoms with van der Waals surface area (Å²) < 4.78 is 0. The largest absolute Gasteiger partial charge is 0.304 e. The lowest BCUT2D eigenvalue weighted by molar-refractivity contribution is 0.336. The van der Waals surface area contributed by atoms with E-state index in [1.165, 1.54) is 0 Å². The van der Waals surface area contributed by atoms with Crippen LogP contribution in [0.25, 0.3) is 0 Å². The zero-order valence-corrected chi connectivity index (χ0v) is 5.15. The Balaban J connectivity index is 2.99. The molecule has 0 saturated heterocycles. The minimum absolute atomic E-state index is 0.688. The second kappa shape index (κ2) is 4.13. The number of hydrogen-bond donors (Lipinski definition) is 0. The van der Waals surface area contributed by atoms with Gasteiger partial charge in [-0.15, -0.1) is 0 Å². The summed E-state index contributed by atoms with van der Waals surface area (Å²) in [6.45, 7) is 12.3. The molecule has 0 unspecified atom stereocenters. The third-order valence-electron chi connectivity index (χ3n) is 1.15. The molecule has 7 heavy (non-hydrogen) atoms. The van der Waals surface area contributed by atoms with E-state index < -0.39 is 0 Å². The SMILES string of the molecule is [CH]CN(CC)CC. The molecule has 0 rings (SSSR count). The third-order valence-corrected chi connectivity index (χ3v) is 1.15. The molecule has 0 saturated carbocycles. The van der Waals surface area contributed by atoms with Gasteiger partial charge >= 0.3 is 0 Å². The van der Waals surface area contributed by atoms with Crippen LogP contribution in [-0.4, -0.2) is 24.5 Å². The molecule has 0 fully saturated rings. The van der Waals surface area contributed by atoms with E-state index >= 15 is 0 Å². The highest BCUT2D eigenvalue weighted by molar-refractivity contribution is 4.50. The van der Waals surface area contributed by atoms with Crippen molar-refractivity contribution in [2.75, 3.05) is 19.6 Å². The van der Waals surface area contributed by atoms with Crippen molar-refractivity contribution in [2.24, 2.45) is 0 Å². The number of rotatable bonds is 3. The first-order chi connectivity index (χ1) is 3.35. The molecule has 2 radical (unpaired) electrons. The van der Waals surface area contributed by atoms with E-state index in [1.54, 1.807) is 0 Å². The molecule has 42 valence electrons. The molecule has 0 spiro atoms. The van der Waals surface area contributed by atoms with Crippen molar-refractivity contribution in [3.8, 4) is 0 Å². The van der Waals surface area contributed by atoms with Gasteiger partial charge in [0.05, 0.1) is 0 Å². The Morgan fingerprint density at radius 1 is 1.29 bits per heavy atom. The molecule has 0 aliphatic carbocycles. The van der Waals surface area contributed by atoms with Gasteiger partial charge < -0.3 is 4.90 Å². The predicted octanol–water partition coefficient (Wildman–Crippen LogP) is 1.04. The molecule has 0 amide bonds. The van der Waals surface area contributed by atoms with E-state index in [2.05, 4.69) is 18.7 Å². The fourth-order valence-corrected chi connectivity index (χ4v) is 0.482. The molecule has 0 aromatic carbocycles. The quantitative estimate of drug-likeness (QED) is 0.511. The fourth-order valence-electron chi connectivity index (χ4n) is 0.482. The Bertz CT molecular complexity index is 25.7. The summed E-state index contributed by atoms with van der Waals surface area (Å²) in [5, 5.41) is 0. The molecule has 0 aromatic heterocycles. The lowest BCUT2D eigenvalue weighted by Gasteiger charge is -2.13. The van der Waals surface area contributed by atoms with Crippen LogP contribution in [0.5, 0.6) is 0 Å². The second-order valence-corrected chi connectivity index (χ2v) is 1.49. The van der Waals surface area contributed by atoms with Gasteiger partial charge in [0.25, 0.3) is 0 Å². The van der Waals surface area contributed by atoms with Crippen molar-refractivity contribution in [3.05, 3.63) is 6.92 Å². The Kier molecular flexibility index (Phi) is 4.10. The lowest BCUT2D eigenvalue weighted by atomic mass is 10.5. The zero-order valence-electron chi connectivity index (χ0n) is 5.15. The van der Waals surface area contributed by atoms with Crippen LogP contribution in [-0.2, 0) is 0 Å². The maximum atomic E-state index is 5.32. The zero-order chi connectivity index (χ0) is 5.70. The smallest absolute Gasteiger partial charge is 0.00159 e. The van der Waals surface area contributed by atoms with Crippen LogP contribution in [0.15, 0.2) is 0 Å².